The zero-order chi connectivity index (χ0) is 24.3. The van der Waals surface area contributed by atoms with Crippen molar-refractivity contribution in [2.45, 2.75) is 31.4 Å². The van der Waals surface area contributed by atoms with Crippen molar-refractivity contribution in [3.8, 4) is 6.07 Å². The second-order valence-electron chi connectivity index (χ2n) is 7.78. The lowest BCUT2D eigenvalue weighted by atomic mass is 9.77. The summed E-state index contributed by atoms with van der Waals surface area (Å²) >= 11 is 1.07. The van der Waals surface area contributed by atoms with Gasteiger partial charge in [-0.3, -0.25) is 14.6 Å². The number of halogens is 3. The minimum absolute atomic E-state index is 0.0262. The minimum atomic E-state index is -4.52. The quantitative estimate of drug-likeness (QED) is 0.627. The molecule has 0 bridgehead atoms. The van der Waals surface area contributed by atoms with E-state index in [-0.39, 0.29) is 17.2 Å². The Kier molecular flexibility index (Phi) is 6.75. The van der Waals surface area contributed by atoms with E-state index in [9.17, 15) is 28.0 Å². The van der Waals surface area contributed by atoms with Crippen molar-refractivity contribution in [2.24, 2.45) is 0 Å². The van der Waals surface area contributed by atoms with Gasteiger partial charge in [0, 0.05) is 35.8 Å². The van der Waals surface area contributed by atoms with Crippen LogP contribution in [0.3, 0.4) is 0 Å². The fraction of sp³-hybridized carbons (Fsp3) is 0.250. The van der Waals surface area contributed by atoms with E-state index in [1.165, 1.54) is 12.1 Å². The summed E-state index contributed by atoms with van der Waals surface area (Å²) in [5, 5.41) is 16.0. The number of Topliss-reactive ketones (excluding diaryl/α,β-unsaturated/α-hetero) is 1. The third kappa shape index (κ3) is 4.99. The van der Waals surface area contributed by atoms with Crippen molar-refractivity contribution < 1.29 is 22.8 Å². The number of carbonyl (C=O) groups excluding carboxylic acids is 2. The first-order valence-corrected chi connectivity index (χ1v) is 11.4. The van der Waals surface area contributed by atoms with E-state index >= 15 is 0 Å². The fourth-order valence-electron chi connectivity index (χ4n) is 4.03. The molecule has 0 radical (unpaired) electrons. The number of pyridine rings is 1. The standard InChI is InChI=1S/C24H19F3N4O2S/c25-24(26,27)15-5-1-6-16(10-15)30-20(33)13-34-23-17(11-28)21(14-4-3-9-29-12-14)22-18(31-23)7-2-8-19(22)32/h1,3-6,9-10,12,21,31H,2,7-8,13H2,(H,30,33)/t21-/m1/s1. The van der Waals surface area contributed by atoms with Gasteiger partial charge >= 0.3 is 6.18 Å². The molecule has 0 spiro atoms. The Balaban J connectivity index is 1.56. The van der Waals surface area contributed by atoms with E-state index in [0.29, 0.717) is 41.0 Å². The van der Waals surface area contributed by atoms with Crippen molar-refractivity contribution in [2.75, 3.05) is 11.1 Å². The number of hydrogen-bond donors (Lipinski definition) is 2. The van der Waals surface area contributed by atoms with E-state index in [2.05, 4.69) is 21.7 Å². The molecular weight excluding hydrogens is 465 g/mol. The Morgan fingerprint density at radius 2 is 2.09 bits per heavy atom. The Hall–Kier alpha value is -3.58. The van der Waals surface area contributed by atoms with Crippen molar-refractivity contribution in [1.29, 1.82) is 5.26 Å². The molecule has 1 amide bonds. The number of dihydropyridines is 1. The van der Waals surface area contributed by atoms with Crippen molar-refractivity contribution in [3.05, 3.63) is 81.8 Å². The summed E-state index contributed by atoms with van der Waals surface area (Å²) in [5.41, 5.74) is 1.46. The van der Waals surface area contributed by atoms with Crippen LogP contribution in [0.5, 0.6) is 0 Å². The molecule has 1 atom stereocenters. The summed E-state index contributed by atoms with van der Waals surface area (Å²) in [4.78, 5) is 29.3. The molecule has 10 heteroatoms. The molecule has 0 unspecified atom stereocenters. The topological polar surface area (TPSA) is 94.9 Å². The van der Waals surface area contributed by atoms with Crippen LogP contribution < -0.4 is 10.6 Å². The summed E-state index contributed by atoms with van der Waals surface area (Å²) < 4.78 is 38.8. The maximum atomic E-state index is 12.9. The van der Waals surface area contributed by atoms with E-state index in [4.69, 9.17) is 0 Å². The maximum Gasteiger partial charge on any atom is 0.416 e. The Morgan fingerprint density at radius 3 is 2.79 bits per heavy atom. The smallest absolute Gasteiger partial charge is 0.352 e. The van der Waals surface area contributed by atoms with Gasteiger partial charge in [-0.15, -0.1) is 0 Å². The molecule has 1 aliphatic carbocycles. The molecule has 0 saturated carbocycles. The van der Waals surface area contributed by atoms with Gasteiger partial charge in [-0.05, 0) is 42.7 Å². The normalized spacial score (nSPS) is 18.2. The fourth-order valence-corrected chi connectivity index (χ4v) is 4.89. The van der Waals surface area contributed by atoms with Gasteiger partial charge in [-0.2, -0.15) is 18.4 Å². The molecule has 34 heavy (non-hydrogen) atoms. The average Bonchev–Trinajstić information content (AvgIpc) is 2.82. The molecule has 1 aromatic heterocycles. The second kappa shape index (κ2) is 9.73. The molecule has 1 aromatic carbocycles. The number of rotatable bonds is 5. The van der Waals surface area contributed by atoms with Crippen LogP contribution in [0.2, 0.25) is 0 Å². The summed E-state index contributed by atoms with van der Waals surface area (Å²) in [5.74, 6) is -1.27. The molecule has 2 heterocycles. The van der Waals surface area contributed by atoms with Gasteiger partial charge in [0.25, 0.3) is 0 Å². The van der Waals surface area contributed by atoms with Crippen molar-refractivity contribution in [1.82, 2.24) is 10.3 Å². The second-order valence-corrected chi connectivity index (χ2v) is 8.77. The monoisotopic (exact) mass is 484 g/mol. The summed E-state index contributed by atoms with van der Waals surface area (Å²) in [6.45, 7) is 0. The third-order valence-electron chi connectivity index (χ3n) is 5.50. The number of alkyl halides is 3. The molecular formula is C24H19F3N4O2S. The SMILES string of the molecule is N#CC1=C(SCC(=O)Nc2cccc(C(F)(F)F)c2)NC2=C(C(=O)CCC2)[C@@H]1c1cccnc1. The number of nitriles is 1. The highest BCUT2D eigenvalue weighted by molar-refractivity contribution is 8.03. The lowest BCUT2D eigenvalue weighted by Gasteiger charge is -2.33. The highest BCUT2D eigenvalue weighted by Gasteiger charge is 2.37. The van der Waals surface area contributed by atoms with Crippen LogP contribution in [0.25, 0.3) is 0 Å². The van der Waals surface area contributed by atoms with E-state index in [0.717, 1.165) is 29.6 Å². The van der Waals surface area contributed by atoms with E-state index in [1.807, 2.05) is 0 Å². The first-order valence-electron chi connectivity index (χ1n) is 10.5. The van der Waals surface area contributed by atoms with Crippen LogP contribution in [0.15, 0.2) is 70.7 Å². The Morgan fingerprint density at radius 1 is 1.26 bits per heavy atom. The number of hydrogen-bond acceptors (Lipinski definition) is 6. The lowest BCUT2D eigenvalue weighted by Crippen LogP contribution is -2.31. The maximum absolute atomic E-state index is 12.9. The van der Waals surface area contributed by atoms with Gasteiger partial charge in [0.15, 0.2) is 5.78 Å². The van der Waals surface area contributed by atoms with E-state index < -0.39 is 23.6 Å². The number of aromatic nitrogens is 1. The number of nitrogens with zero attached hydrogens (tertiary/aromatic N) is 2. The van der Waals surface area contributed by atoms with Gasteiger partial charge in [0.05, 0.1) is 33.9 Å². The van der Waals surface area contributed by atoms with Gasteiger partial charge in [-0.25, -0.2) is 0 Å². The lowest BCUT2D eigenvalue weighted by molar-refractivity contribution is -0.137. The van der Waals surface area contributed by atoms with Crippen LogP contribution in [-0.4, -0.2) is 22.4 Å². The summed E-state index contributed by atoms with van der Waals surface area (Å²) in [6, 6.07) is 10.1. The van der Waals surface area contributed by atoms with Crippen LogP contribution >= 0.6 is 11.8 Å². The largest absolute Gasteiger partial charge is 0.416 e. The summed E-state index contributed by atoms with van der Waals surface area (Å²) in [7, 11) is 0. The van der Waals surface area contributed by atoms with Crippen LogP contribution in [0, 0.1) is 11.3 Å². The van der Waals surface area contributed by atoms with Gasteiger partial charge in [-0.1, -0.05) is 23.9 Å². The highest BCUT2D eigenvalue weighted by Crippen LogP contribution is 2.43. The number of benzene rings is 1. The minimum Gasteiger partial charge on any atom is -0.352 e. The third-order valence-corrected chi connectivity index (χ3v) is 6.52. The van der Waals surface area contributed by atoms with Gasteiger partial charge in [0.2, 0.25) is 5.91 Å². The van der Waals surface area contributed by atoms with Crippen LogP contribution in [-0.2, 0) is 15.8 Å². The molecule has 4 rings (SSSR count). The number of allylic oxidation sites excluding steroid dienone is 3. The highest BCUT2D eigenvalue weighted by atomic mass is 32.2. The molecule has 0 fully saturated rings. The first-order chi connectivity index (χ1) is 16.3. The number of amides is 1. The zero-order valence-electron chi connectivity index (χ0n) is 17.8. The predicted molar refractivity (Wildman–Crippen MR) is 121 cm³/mol. The molecule has 2 aliphatic rings. The van der Waals surface area contributed by atoms with Gasteiger partial charge < -0.3 is 10.6 Å². The number of thioether (sulfide) groups is 1. The van der Waals surface area contributed by atoms with E-state index in [1.54, 1.807) is 24.5 Å². The average molecular weight is 485 g/mol. The number of ketones is 1. The molecule has 2 N–H and O–H groups in total. The van der Waals surface area contributed by atoms with Crippen molar-refractivity contribution >= 4 is 29.1 Å². The molecule has 174 valence electrons. The number of anilines is 1. The Bertz CT molecular complexity index is 1230. The molecule has 6 nitrogen and oxygen atoms in total. The molecule has 2 aromatic rings. The Labute approximate surface area is 197 Å². The first kappa shape index (κ1) is 23.6. The van der Waals surface area contributed by atoms with Crippen molar-refractivity contribution in [3.63, 3.8) is 0 Å². The van der Waals surface area contributed by atoms with Crippen LogP contribution in [0.1, 0.15) is 36.3 Å². The molecule has 0 saturated heterocycles. The summed E-state index contributed by atoms with van der Waals surface area (Å²) in [6.07, 6.45) is 0.419. The number of nitrogens with one attached hydrogen (secondary N) is 2. The zero-order valence-corrected chi connectivity index (χ0v) is 18.6. The molecule has 1 aliphatic heterocycles. The van der Waals surface area contributed by atoms with Crippen LogP contribution in [0.4, 0.5) is 18.9 Å². The van der Waals surface area contributed by atoms with Gasteiger partial charge in [0.1, 0.15) is 0 Å². The number of carbonyl (C=O) groups is 2. The predicted octanol–water partition coefficient (Wildman–Crippen LogP) is 4.90.